The van der Waals surface area contributed by atoms with Crippen molar-refractivity contribution in [1.82, 2.24) is 4.90 Å². The number of hydrogen-bond acceptors (Lipinski definition) is 5. The Hall–Kier alpha value is -1.23. The van der Waals surface area contributed by atoms with E-state index < -0.39 is 7.82 Å². The lowest BCUT2D eigenvalue weighted by molar-refractivity contribution is 0.0587. The van der Waals surface area contributed by atoms with E-state index in [1.54, 1.807) is 0 Å². The Morgan fingerprint density at radius 3 is 2.33 bits per heavy atom. The van der Waals surface area contributed by atoms with E-state index in [9.17, 15) is 4.57 Å². The standard InChI is InChI=1S/C24H30NO4P/c26-30(27-14-18-5-6-18,28-15-19-7-8-19)29-17-25-13-23-12-24(23,16-25)22-10-9-20-3-1-2-4-21(20)11-22/h1-4,9-11,18-19,23H,5-8,12-17H2/t23-,24+/m1/s1. The molecule has 30 heavy (non-hydrogen) atoms. The van der Waals surface area contributed by atoms with E-state index in [1.165, 1.54) is 22.8 Å². The molecular weight excluding hydrogens is 397 g/mol. The Labute approximate surface area is 178 Å². The number of likely N-dealkylation sites (tertiary alicyclic amines) is 1. The van der Waals surface area contributed by atoms with Gasteiger partial charge in [-0.25, -0.2) is 4.57 Å². The Morgan fingerprint density at radius 2 is 1.63 bits per heavy atom. The van der Waals surface area contributed by atoms with Gasteiger partial charge in [0.25, 0.3) is 0 Å². The number of phosphoric ester groups is 1. The summed E-state index contributed by atoms with van der Waals surface area (Å²) >= 11 is 0. The lowest BCUT2D eigenvalue weighted by Gasteiger charge is -2.24. The first-order valence-electron chi connectivity index (χ1n) is 11.4. The number of piperidine rings is 1. The van der Waals surface area contributed by atoms with Crippen LogP contribution in [0.25, 0.3) is 10.8 Å². The SMILES string of the molecule is O=P(OCC1CC1)(OCC1CC1)OCN1C[C@H]2C[C@@]2(c2ccc3ccccc3c2)C1. The third-order valence-electron chi connectivity index (χ3n) is 7.27. The molecule has 6 rings (SSSR count). The average molecular weight is 427 g/mol. The van der Waals surface area contributed by atoms with Gasteiger partial charge in [-0.3, -0.25) is 18.5 Å². The van der Waals surface area contributed by atoms with Crippen LogP contribution >= 0.6 is 7.82 Å². The van der Waals surface area contributed by atoms with Crippen molar-refractivity contribution in [3.8, 4) is 0 Å². The summed E-state index contributed by atoms with van der Waals surface area (Å²) in [7, 11) is -3.47. The van der Waals surface area contributed by atoms with Crippen LogP contribution in [0.2, 0.25) is 0 Å². The van der Waals surface area contributed by atoms with Crippen molar-refractivity contribution < 1.29 is 18.1 Å². The summed E-state index contributed by atoms with van der Waals surface area (Å²) in [5.41, 5.74) is 1.65. The number of phosphoric acid groups is 1. The van der Waals surface area contributed by atoms with Gasteiger partial charge in [-0.05, 0) is 66.2 Å². The molecule has 3 saturated carbocycles. The topological polar surface area (TPSA) is 48.0 Å². The summed E-state index contributed by atoms with van der Waals surface area (Å²) in [6.45, 7) is 3.23. The van der Waals surface area contributed by atoms with Gasteiger partial charge >= 0.3 is 7.82 Å². The minimum Gasteiger partial charge on any atom is -0.287 e. The Morgan fingerprint density at radius 1 is 0.933 bits per heavy atom. The molecule has 0 aromatic heterocycles. The van der Waals surface area contributed by atoms with Crippen molar-refractivity contribution in [1.29, 1.82) is 0 Å². The Kier molecular flexibility index (Phi) is 4.82. The fraction of sp³-hybridized carbons (Fsp3) is 0.583. The molecule has 0 radical (unpaired) electrons. The fourth-order valence-corrected chi connectivity index (χ4v) is 6.17. The van der Waals surface area contributed by atoms with E-state index in [2.05, 4.69) is 47.4 Å². The molecule has 0 amide bonds. The minimum atomic E-state index is -3.47. The van der Waals surface area contributed by atoms with Crippen LogP contribution in [0.1, 0.15) is 37.7 Å². The van der Waals surface area contributed by atoms with Gasteiger partial charge in [0.05, 0.1) is 13.2 Å². The third-order valence-corrected chi connectivity index (χ3v) is 8.63. The molecule has 2 aromatic carbocycles. The lowest BCUT2D eigenvalue weighted by Crippen LogP contribution is -2.29. The number of hydrogen-bond donors (Lipinski definition) is 0. The van der Waals surface area contributed by atoms with Gasteiger partial charge in [0.15, 0.2) is 0 Å². The van der Waals surface area contributed by atoms with Crippen LogP contribution in [-0.2, 0) is 23.6 Å². The minimum absolute atomic E-state index is 0.223. The molecule has 5 nitrogen and oxygen atoms in total. The van der Waals surface area contributed by atoms with Crippen LogP contribution < -0.4 is 0 Å². The smallest absolute Gasteiger partial charge is 0.287 e. The van der Waals surface area contributed by atoms with Crippen molar-refractivity contribution >= 4 is 18.6 Å². The number of rotatable bonds is 10. The average Bonchev–Trinajstić information content (AvgIpc) is 3.66. The normalized spacial score (nSPS) is 28.7. The van der Waals surface area contributed by atoms with E-state index >= 15 is 0 Å². The second kappa shape index (κ2) is 7.43. The van der Waals surface area contributed by atoms with Crippen molar-refractivity contribution in [2.45, 2.75) is 37.5 Å². The molecule has 0 bridgehead atoms. The molecule has 160 valence electrons. The molecule has 2 atom stereocenters. The maximum absolute atomic E-state index is 13.1. The summed E-state index contributed by atoms with van der Waals surface area (Å²) in [6, 6.07) is 15.4. The van der Waals surface area contributed by atoms with Crippen molar-refractivity contribution in [2.75, 3.05) is 33.0 Å². The first-order valence-corrected chi connectivity index (χ1v) is 12.8. The van der Waals surface area contributed by atoms with Gasteiger partial charge in [-0.1, -0.05) is 42.5 Å². The predicted octanol–water partition coefficient (Wildman–Crippen LogP) is 5.35. The maximum atomic E-state index is 13.1. The lowest BCUT2D eigenvalue weighted by atomic mass is 9.93. The molecule has 4 aliphatic rings. The van der Waals surface area contributed by atoms with Crippen molar-refractivity contribution in [3.63, 3.8) is 0 Å². The summed E-state index contributed by atoms with van der Waals surface area (Å²) in [4.78, 5) is 2.27. The van der Waals surface area contributed by atoms with E-state index in [-0.39, 0.29) is 5.41 Å². The van der Waals surface area contributed by atoms with Crippen LogP contribution in [0.15, 0.2) is 42.5 Å². The number of nitrogens with zero attached hydrogens (tertiary/aromatic N) is 1. The van der Waals surface area contributed by atoms with Crippen LogP contribution in [-0.4, -0.2) is 37.9 Å². The Bertz CT molecular complexity index is 968. The van der Waals surface area contributed by atoms with Crippen LogP contribution in [0.5, 0.6) is 0 Å². The molecule has 0 spiro atoms. The van der Waals surface area contributed by atoms with Gasteiger partial charge in [0.2, 0.25) is 0 Å². The Balaban J connectivity index is 1.10. The summed E-state index contributed by atoms with van der Waals surface area (Å²) < 4.78 is 30.3. The predicted molar refractivity (Wildman–Crippen MR) is 116 cm³/mol. The molecule has 2 aromatic rings. The van der Waals surface area contributed by atoms with Gasteiger partial charge in [-0.15, -0.1) is 0 Å². The van der Waals surface area contributed by atoms with Gasteiger partial charge in [0, 0.05) is 18.5 Å². The number of fused-ring (bicyclic) bond motifs is 2. The van der Waals surface area contributed by atoms with E-state index in [4.69, 9.17) is 13.6 Å². The van der Waals surface area contributed by atoms with Crippen LogP contribution in [0, 0.1) is 17.8 Å². The van der Waals surface area contributed by atoms with Crippen LogP contribution in [0.3, 0.4) is 0 Å². The highest BCUT2D eigenvalue weighted by Gasteiger charge is 2.60. The van der Waals surface area contributed by atoms with E-state index in [0.29, 0.717) is 37.7 Å². The zero-order chi connectivity index (χ0) is 20.2. The van der Waals surface area contributed by atoms with E-state index in [0.717, 1.165) is 38.8 Å². The molecule has 4 fully saturated rings. The summed E-state index contributed by atoms with van der Waals surface area (Å²) in [5.74, 6) is 1.71. The van der Waals surface area contributed by atoms with Gasteiger partial charge in [0.1, 0.15) is 6.73 Å². The zero-order valence-corrected chi connectivity index (χ0v) is 18.3. The zero-order valence-electron chi connectivity index (χ0n) is 17.4. The summed E-state index contributed by atoms with van der Waals surface area (Å²) in [5, 5.41) is 2.59. The molecule has 1 aliphatic heterocycles. The molecule has 6 heteroatoms. The highest BCUT2D eigenvalue weighted by Crippen LogP contribution is 2.60. The quantitative estimate of drug-likeness (QED) is 0.479. The highest BCUT2D eigenvalue weighted by molar-refractivity contribution is 7.48. The molecular formula is C24H30NO4P. The second-order valence-electron chi connectivity index (χ2n) is 9.81. The fourth-order valence-electron chi connectivity index (χ4n) is 4.86. The molecule has 1 saturated heterocycles. The third kappa shape index (κ3) is 3.99. The molecule has 0 N–H and O–H groups in total. The summed E-state index contributed by atoms with van der Waals surface area (Å²) in [6.07, 6.45) is 5.86. The van der Waals surface area contributed by atoms with Gasteiger partial charge in [-0.2, -0.15) is 0 Å². The molecule has 0 unspecified atom stereocenters. The van der Waals surface area contributed by atoms with Crippen molar-refractivity contribution in [3.05, 3.63) is 48.0 Å². The van der Waals surface area contributed by atoms with E-state index in [1.807, 2.05) is 0 Å². The molecule has 3 aliphatic carbocycles. The van der Waals surface area contributed by atoms with Gasteiger partial charge < -0.3 is 0 Å². The maximum Gasteiger partial charge on any atom is 0.476 e. The second-order valence-corrected chi connectivity index (χ2v) is 11.5. The number of benzene rings is 2. The first kappa shape index (κ1) is 19.5. The largest absolute Gasteiger partial charge is 0.476 e. The molecule has 1 heterocycles. The van der Waals surface area contributed by atoms with Crippen LogP contribution in [0.4, 0.5) is 0 Å². The van der Waals surface area contributed by atoms with Crippen molar-refractivity contribution in [2.24, 2.45) is 17.8 Å². The first-order chi connectivity index (χ1) is 14.6. The monoisotopic (exact) mass is 427 g/mol. The highest BCUT2D eigenvalue weighted by atomic mass is 31.2.